The summed E-state index contributed by atoms with van der Waals surface area (Å²) in [5.41, 5.74) is 5.86. The first-order valence-corrected chi connectivity index (χ1v) is 13.7. The zero-order valence-electron chi connectivity index (χ0n) is 22.8. The number of amides is 4. The van der Waals surface area contributed by atoms with Gasteiger partial charge in [-0.25, -0.2) is 9.28 Å². The van der Waals surface area contributed by atoms with Gasteiger partial charge in [-0.15, -0.1) is 0 Å². The lowest BCUT2D eigenvalue weighted by atomic mass is 10.0. The maximum absolute atomic E-state index is 13.2. The van der Waals surface area contributed by atoms with Gasteiger partial charge in [0.1, 0.15) is 6.54 Å². The van der Waals surface area contributed by atoms with E-state index in [9.17, 15) is 19.2 Å². The van der Waals surface area contributed by atoms with E-state index in [0.29, 0.717) is 31.5 Å². The summed E-state index contributed by atoms with van der Waals surface area (Å²) in [6, 6.07) is 11.3. The number of likely N-dealkylation sites (N-methyl/N-ethyl adjacent to an activating group) is 1. The number of fused-ring (bicyclic) bond motifs is 1. The summed E-state index contributed by atoms with van der Waals surface area (Å²) in [6.07, 6.45) is 1.89. The van der Waals surface area contributed by atoms with Gasteiger partial charge in [0.15, 0.2) is 6.04 Å². The first-order chi connectivity index (χ1) is 18.7. The molecule has 9 nitrogen and oxygen atoms in total. The van der Waals surface area contributed by atoms with Crippen LogP contribution in [-0.2, 0) is 45.1 Å². The molecule has 3 aliphatic rings. The number of nitrogens with one attached hydrogen (secondary N) is 2. The third-order valence-corrected chi connectivity index (χ3v) is 8.32. The van der Waals surface area contributed by atoms with Gasteiger partial charge in [-0.1, -0.05) is 24.3 Å². The molecule has 2 saturated heterocycles. The van der Waals surface area contributed by atoms with Crippen LogP contribution in [0.5, 0.6) is 0 Å². The number of piperidine rings is 1. The van der Waals surface area contributed by atoms with Crippen LogP contribution < -0.4 is 10.6 Å². The van der Waals surface area contributed by atoms with Crippen LogP contribution in [0.15, 0.2) is 36.4 Å². The minimum atomic E-state index is -0.583. The van der Waals surface area contributed by atoms with Crippen LogP contribution in [0.1, 0.15) is 51.0 Å². The average molecular weight is 534 g/mol. The van der Waals surface area contributed by atoms with Crippen LogP contribution in [-0.4, -0.2) is 78.9 Å². The molecule has 0 aliphatic carbocycles. The van der Waals surface area contributed by atoms with E-state index in [1.54, 1.807) is 13.1 Å². The third kappa shape index (κ3) is 5.95. The highest BCUT2D eigenvalue weighted by molar-refractivity contribution is 6.02. The first kappa shape index (κ1) is 27.2. The number of hydrogen-bond donors (Lipinski definition) is 2. The Kier molecular flexibility index (Phi) is 7.93. The van der Waals surface area contributed by atoms with Gasteiger partial charge in [-0.2, -0.15) is 0 Å². The van der Waals surface area contributed by atoms with Crippen LogP contribution in [0.25, 0.3) is 0 Å². The molecule has 0 saturated carbocycles. The molecule has 206 valence electrons. The van der Waals surface area contributed by atoms with Gasteiger partial charge in [-0.3, -0.25) is 24.6 Å². The summed E-state index contributed by atoms with van der Waals surface area (Å²) in [5.74, 6) is -0.849. The molecule has 39 heavy (non-hydrogen) atoms. The number of rotatable bonds is 8. The Morgan fingerprint density at radius 2 is 1.87 bits per heavy atom. The molecular formula is C30H37N4O5+. The van der Waals surface area contributed by atoms with Gasteiger partial charge in [0.25, 0.3) is 5.91 Å². The molecule has 3 aliphatic heterocycles. The number of imide groups is 1. The Labute approximate surface area is 229 Å². The number of carbonyl (C=O) groups is 4. The van der Waals surface area contributed by atoms with Gasteiger partial charge in [0.2, 0.25) is 11.8 Å². The van der Waals surface area contributed by atoms with Crippen molar-refractivity contribution in [1.82, 2.24) is 15.5 Å². The van der Waals surface area contributed by atoms with E-state index in [1.165, 1.54) is 11.1 Å². The number of carbonyl (C=O) groups excluding carboxylic acids is 4. The molecule has 9 heteroatoms. The van der Waals surface area contributed by atoms with Crippen LogP contribution >= 0.6 is 0 Å². The van der Waals surface area contributed by atoms with Crippen LogP contribution in [0.3, 0.4) is 0 Å². The van der Waals surface area contributed by atoms with Gasteiger partial charge in [0.05, 0.1) is 32.2 Å². The van der Waals surface area contributed by atoms with Crippen molar-refractivity contribution in [2.75, 3.05) is 39.9 Å². The van der Waals surface area contributed by atoms with Crippen LogP contribution in [0.4, 0.5) is 0 Å². The lowest BCUT2D eigenvalue weighted by Gasteiger charge is -2.35. The molecule has 0 radical (unpaired) electrons. The van der Waals surface area contributed by atoms with Gasteiger partial charge in [0, 0.05) is 44.6 Å². The molecule has 0 aromatic heterocycles. The summed E-state index contributed by atoms with van der Waals surface area (Å²) in [7, 11) is 1.76. The van der Waals surface area contributed by atoms with E-state index in [-0.39, 0.29) is 34.5 Å². The number of hydrogen-bond acceptors (Lipinski definition) is 6. The number of aryl methyl sites for hydroxylation is 1. The second-order valence-electron chi connectivity index (χ2n) is 11.1. The monoisotopic (exact) mass is 533 g/mol. The van der Waals surface area contributed by atoms with Crippen molar-refractivity contribution in [3.05, 3.63) is 69.8 Å². The lowest BCUT2D eigenvalue weighted by molar-refractivity contribution is -0.855. The van der Waals surface area contributed by atoms with Crippen molar-refractivity contribution in [1.29, 1.82) is 0 Å². The topological polar surface area (TPSA) is 105 Å². The molecule has 2 unspecified atom stereocenters. The number of morpholine rings is 1. The molecule has 5 rings (SSSR count). The van der Waals surface area contributed by atoms with E-state index in [0.717, 1.165) is 56.0 Å². The molecule has 3 heterocycles. The van der Waals surface area contributed by atoms with Crippen molar-refractivity contribution >= 4 is 23.6 Å². The normalized spacial score (nSPS) is 23.4. The Morgan fingerprint density at radius 3 is 2.62 bits per heavy atom. The zero-order chi connectivity index (χ0) is 27.6. The highest BCUT2D eigenvalue weighted by atomic mass is 16.5. The van der Waals surface area contributed by atoms with Gasteiger partial charge >= 0.3 is 5.91 Å². The molecule has 2 N–H and O–H groups in total. The molecule has 2 aromatic rings. The second kappa shape index (κ2) is 11.4. The van der Waals surface area contributed by atoms with E-state index in [4.69, 9.17) is 4.74 Å². The number of ether oxygens (including phenoxy) is 1. The first-order valence-electron chi connectivity index (χ1n) is 13.7. The Bertz CT molecular complexity index is 1300. The fraction of sp³-hybridized carbons (Fsp3) is 0.467. The molecule has 2 aromatic carbocycles. The summed E-state index contributed by atoms with van der Waals surface area (Å²) in [4.78, 5) is 52.4. The van der Waals surface area contributed by atoms with Crippen molar-refractivity contribution in [2.45, 2.75) is 51.7 Å². The highest BCUT2D eigenvalue weighted by Gasteiger charge is 2.51. The highest BCUT2D eigenvalue weighted by Crippen LogP contribution is 2.34. The summed E-state index contributed by atoms with van der Waals surface area (Å²) in [5, 5.41) is 5.37. The fourth-order valence-electron chi connectivity index (χ4n) is 5.98. The minimum absolute atomic E-state index is 0.0591. The van der Waals surface area contributed by atoms with E-state index < -0.39 is 6.04 Å². The van der Waals surface area contributed by atoms with Crippen LogP contribution in [0, 0.1) is 6.92 Å². The molecule has 0 bridgehead atoms. The number of quaternary nitrogens is 1. The predicted octanol–water partition coefficient (Wildman–Crippen LogP) is 1.63. The minimum Gasteiger partial charge on any atom is -0.379 e. The quantitative estimate of drug-likeness (QED) is 0.395. The maximum atomic E-state index is 13.2. The summed E-state index contributed by atoms with van der Waals surface area (Å²) < 4.78 is 5.36. The van der Waals surface area contributed by atoms with E-state index >= 15 is 0 Å². The summed E-state index contributed by atoms with van der Waals surface area (Å²) in [6.45, 7) is 7.44. The van der Waals surface area contributed by atoms with E-state index in [1.807, 2.05) is 18.2 Å². The smallest absolute Gasteiger partial charge is 0.347 e. The maximum Gasteiger partial charge on any atom is 0.347 e. The number of nitrogens with zero attached hydrogens (tertiary/aromatic N) is 2. The van der Waals surface area contributed by atoms with E-state index in [2.05, 4.69) is 34.6 Å². The lowest BCUT2D eigenvalue weighted by Crippen LogP contribution is -2.61. The standard InChI is InChI=1S/C30H36N4O5/c1-20-15-21(3-5-23(20)9-10-33-11-13-39-14-12-33)17-28(36)31-18-22-4-6-25-24(16-22)19-34(2,30(25)38)26-7-8-27(35)32-29(26)37/h3-6,15-16,26H,7-14,17-19H2,1-2H3,(H-,31,32,35,36,37)/p+1. The Morgan fingerprint density at radius 1 is 1.10 bits per heavy atom. The molecular weight excluding hydrogens is 496 g/mol. The second-order valence-corrected chi connectivity index (χ2v) is 11.1. The third-order valence-electron chi connectivity index (χ3n) is 8.32. The van der Waals surface area contributed by atoms with Gasteiger partial charge < -0.3 is 10.1 Å². The largest absolute Gasteiger partial charge is 0.379 e. The van der Waals surface area contributed by atoms with Gasteiger partial charge in [-0.05, 0) is 47.7 Å². The van der Waals surface area contributed by atoms with Crippen LogP contribution in [0.2, 0.25) is 0 Å². The van der Waals surface area contributed by atoms with Crippen molar-refractivity contribution in [3.8, 4) is 0 Å². The van der Waals surface area contributed by atoms with Crippen molar-refractivity contribution in [3.63, 3.8) is 0 Å². The molecule has 0 spiro atoms. The Hall–Kier alpha value is -3.40. The number of benzene rings is 2. The van der Waals surface area contributed by atoms with Crippen molar-refractivity contribution < 1.29 is 28.4 Å². The molecule has 4 amide bonds. The Balaban J connectivity index is 1.15. The fourth-order valence-corrected chi connectivity index (χ4v) is 5.98. The molecule has 2 atom stereocenters. The average Bonchev–Trinajstić information content (AvgIpc) is 3.17. The molecule has 2 fully saturated rings. The van der Waals surface area contributed by atoms with Crippen molar-refractivity contribution in [2.24, 2.45) is 0 Å². The SMILES string of the molecule is Cc1cc(CC(=O)NCc2ccc3c(c2)C[N+](C)(C2CCC(=O)NC2=O)C3=O)ccc1CCN1CCOCC1. The zero-order valence-corrected chi connectivity index (χ0v) is 22.8. The summed E-state index contributed by atoms with van der Waals surface area (Å²) >= 11 is 0. The predicted molar refractivity (Wildman–Crippen MR) is 145 cm³/mol.